The van der Waals surface area contributed by atoms with E-state index >= 15 is 0 Å². The Morgan fingerprint density at radius 2 is 1.11 bits per heavy atom. The number of morpholine rings is 1. The summed E-state index contributed by atoms with van der Waals surface area (Å²) in [4.78, 5) is 49.1. The lowest BCUT2D eigenvalue weighted by atomic mass is 9.74. The van der Waals surface area contributed by atoms with Crippen molar-refractivity contribution < 1.29 is 23.8 Å². The fraction of sp³-hybridized carbons (Fsp3) is 0.788. The molecule has 256 valence electrons. The van der Waals surface area contributed by atoms with Gasteiger partial charge >= 0.3 is 11.9 Å². The molecular formula is C33H54N8O5. The van der Waals surface area contributed by atoms with Gasteiger partial charge in [0.1, 0.15) is 24.6 Å². The molecule has 0 bridgehead atoms. The monoisotopic (exact) mass is 642 g/mol. The van der Waals surface area contributed by atoms with Crippen molar-refractivity contribution >= 4 is 42.2 Å². The van der Waals surface area contributed by atoms with Crippen molar-refractivity contribution in [2.45, 2.75) is 129 Å². The Labute approximate surface area is 273 Å². The fourth-order valence-electron chi connectivity index (χ4n) is 7.67. The normalized spacial score (nSPS) is 24.5. The molecule has 3 aliphatic heterocycles. The number of hydrogen-bond donors (Lipinski definition) is 2. The van der Waals surface area contributed by atoms with E-state index in [0.29, 0.717) is 32.3 Å². The highest BCUT2D eigenvalue weighted by molar-refractivity contribution is 6.24. The molecule has 0 aliphatic carbocycles. The van der Waals surface area contributed by atoms with E-state index in [2.05, 4.69) is 91.0 Å². The zero-order valence-electron chi connectivity index (χ0n) is 29.3. The number of ether oxygens (including phenoxy) is 3. The molecule has 0 spiro atoms. The Bertz CT molecular complexity index is 1190. The summed E-state index contributed by atoms with van der Waals surface area (Å²) in [6.45, 7) is 23.4. The van der Waals surface area contributed by atoms with Crippen molar-refractivity contribution in [1.82, 2.24) is 25.6 Å². The molecule has 4 heterocycles. The topological polar surface area (TPSA) is 153 Å². The minimum atomic E-state index is -0.582. The average molecular weight is 643 g/mol. The minimum Gasteiger partial charge on any atom is -0.458 e. The van der Waals surface area contributed by atoms with Crippen molar-refractivity contribution in [2.24, 2.45) is 21.8 Å². The molecule has 4 rings (SSSR count). The molecule has 0 radical (unpaired) electrons. The van der Waals surface area contributed by atoms with Crippen LogP contribution in [0.25, 0.3) is 0 Å². The van der Waals surface area contributed by atoms with E-state index in [0.717, 1.165) is 38.1 Å². The van der Waals surface area contributed by atoms with E-state index in [-0.39, 0.29) is 58.1 Å². The first-order chi connectivity index (χ1) is 21.3. The van der Waals surface area contributed by atoms with E-state index in [1.807, 2.05) is 18.7 Å². The van der Waals surface area contributed by atoms with Gasteiger partial charge in [-0.3, -0.25) is 0 Å². The molecular weight excluding hydrogens is 588 g/mol. The second kappa shape index (κ2) is 14.0. The third kappa shape index (κ3) is 10.5. The predicted molar refractivity (Wildman–Crippen MR) is 178 cm³/mol. The third-order valence-corrected chi connectivity index (χ3v) is 8.84. The summed E-state index contributed by atoms with van der Waals surface area (Å²) in [7, 11) is 0. The Hall–Kier alpha value is -3.03. The summed E-state index contributed by atoms with van der Waals surface area (Å²) in [5, 5.41) is 7.32. The maximum atomic E-state index is 12.8. The first-order valence-electron chi connectivity index (χ1n) is 16.5. The van der Waals surface area contributed by atoms with Gasteiger partial charge in [-0.25, -0.2) is 19.6 Å². The summed E-state index contributed by atoms with van der Waals surface area (Å²) >= 11 is 0. The number of anilines is 1. The van der Waals surface area contributed by atoms with Gasteiger partial charge in [0.2, 0.25) is 5.95 Å². The van der Waals surface area contributed by atoms with Crippen LogP contribution in [0.4, 0.5) is 17.8 Å². The van der Waals surface area contributed by atoms with Gasteiger partial charge in [-0.15, -0.1) is 0 Å². The number of aromatic nitrogens is 3. The number of nitrogens with one attached hydrogen (secondary N) is 2. The third-order valence-electron chi connectivity index (χ3n) is 8.84. The van der Waals surface area contributed by atoms with Gasteiger partial charge in [0.25, 0.3) is 11.9 Å². The van der Waals surface area contributed by atoms with Crippen molar-refractivity contribution in [3.63, 3.8) is 0 Å². The van der Waals surface area contributed by atoms with Crippen LogP contribution in [0.5, 0.6) is 0 Å². The number of aliphatic imine (C=N–C) groups is 2. The van der Waals surface area contributed by atoms with Gasteiger partial charge in [0, 0.05) is 35.2 Å². The second-order valence-corrected chi connectivity index (χ2v) is 15.8. The average Bonchev–Trinajstić information content (AvgIpc) is 2.92. The van der Waals surface area contributed by atoms with E-state index in [4.69, 9.17) is 14.2 Å². The molecule has 13 nitrogen and oxygen atoms in total. The van der Waals surface area contributed by atoms with Gasteiger partial charge in [-0.2, -0.15) is 15.0 Å². The Morgan fingerprint density at radius 3 is 1.48 bits per heavy atom. The molecule has 3 saturated heterocycles. The van der Waals surface area contributed by atoms with Crippen LogP contribution in [0.15, 0.2) is 9.98 Å². The summed E-state index contributed by atoms with van der Waals surface area (Å²) in [6, 6.07) is 0. The molecule has 0 saturated carbocycles. The number of nitrogens with zero attached hydrogens (tertiary/aromatic N) is 6. The highest BCUT2D eigenvalue weighted by Gasteiger charge is 2.41. The zero-order valence-corrected chi connectivity index (χ0v) is 29.3. The number of rotatable bonds is 9. The number of piperidine rings is 2. The van der Waals surface area contributed by atoms with Crippen molar-refractivity contribution in [2.75, 3.05) is 31.2 Å². The van der Waals surface area contributed by atoms with E-state index < -0.39 is 11.9 Å². The van der Waals surface area contributed by atoms with Crippen LogP contribution >= 0.6 is 0 Å². The highest BCUT2D eigenvalue weighted by Crippen LogP contribution is 2.36. The zero-order chi connectivity index (χ0) is 33.9. The number of esters is 2. The van der Waals surface area contributed by atoms with Crippen LogP contribution < -0.4 is 15.5 Å². The fourth-order valence-corrected chi connectivity index (χ4v) is 7.67. The molecule has 46 heavy (non-hydrogen) atoms. The molecule has 1 aromatic rings. The van der Waals surface area contributed by atoms with E-state index in [1.165, 1.54) is 0 Å². The Balaban J connectivity index is 1.44. The lowest BCUT2D eigenvalue weighted by molar-refractivity contribution is -0.144. The molecule has 2 N–H and O–H groups in total. The first-order valence-corrected chi connectivity index (χ1v) is 16.5. The van der Waals surface area contributed by atoms with Gasteiger partial charge < -0.3 is 29.7 Å². The second-order valence-electron chi connectivity index (χ2n) is 15.8. The summed E-state index contributed by atoms with van der Waals surface area (Å²) in [5.41, 5.74) is -0.260. The van der Waals surface area contributed by atoms with Crippen LogP contribution in [0.2, 0.25) is 0 Å². The molecule has 1 aromatic heterocycles. The molecule has 2 atom stereocenters. The van der Waals surface area contributed by atoms with Gasteiger partial charge in [-0.1, -0.05) is 0 Å². The van der Waals surface area contributed by atoms with Crippen molar-refractivity contribution in [3.05, 3.63) is 0 Å². The first kappa shape index (κ1) is 35.8. The summed E-state index contributed by atoms with van der Waals surface area (Å²) < 4.78 is 17.0. The highest BCUT2D eigenvalue weighted by atomic mass is 16.5. The van der Waals surface area contributed by atoms with E-state index in [9.17, 15) is 9.59 Å². The van der Waals surface area contributed by atoms with Crippen LogP contribution in [0.3, 0.4) is 0 Å². The van der Waals surface area contributed by atoms with Gasteiger partial charge in [0.15, 0.2) is 0 Å². The summed E-state index contributed by atoms with van der Waals surface area (Å²) in [5.74, 6) is -0.463. The minimum absolute atomic E-state index is 0.0155. The number of carbonyl (C=O) groups excluding carboxylic acids is 2. The summed E-state index contributed by atoms with van der Waals surface area (Å²) in [6.07, 6.45) is 5.11. The number of carbonyl (C=O) groups is 2. The van der Waals surface area contributed by atoms with Crippen LogP contribution in [-0.4, -0.2) is 100.0 Å². The molecule has 3 fully saturated rings. The Kier molecular flexibility index (Phi) is 10.9. The molecule has 2 unspecified atom stereocenters. The Morgan fingerprint density at radius 1 is 0.739 bits per heavy atom. The van der Waals surface area contributed by atoms with Crippen LogP contribution in [0.1, 0.15) is 94.9 Å². The standard InChI is InChI=1S/C33H54N8O5/c1-21(23-15-30(3,4)39-31(5,6)16-23)45-25(42)19-34-27-36-28(38-29(37-27)41-11-13-44-14-12-41)35-20-26(43)46-22(2)24-17-32(7,8)40-33(9,10)18-24/h19-24,39-40H,11-18H2,1-10H3. The smallest absolute Gasteiger partial charge is 0.349 e. The lowest BCUT2D eigenvalue weighted by Gasteiger charge is -2.47. The quantitative estimate of drug-likeness (QED) is 0.296. The van der Waals surface area contributed by atoms with Crippen LogP contribution in [-0.2, 0) is 23.8 Å². The number of hydrogen-bond acceptors (Lipinski definition) is 13. The van der Waals surface area contributed by atoms with Crippen molar-refractivity contribution in [3.8, 4) is 0 Å². The van der Waals surface area contributed by atoms with Gasteiger partial charge in [-0.05, 0) is 107 Å². The lowest BCUT2D eigenvalue weighted by Crippen LogP contribution is -2.59. The predicted octanol–water partition coefficient (Wildman–Crippen LogP) is 4.09. The molecule has 3 aliphatic rings. The van der Waals surface area contributed by atoms with Crippen LogP contribution in [0, 0.1) is 11.8 Å². The molecule has 0 aromatic carbocycles. The van der Waals surface area contributed by atoms with Crippen molar-refractivity contribution in [1.29, 1.82) is 0 Å². The molecule has 0 amide bonds. The van der Waals surface area contributed by atoms with Gasteiger partial charge in [0.05, 0.1) is 13.2 Å². The molecule has 13 heteroatoms. The SMILES string of the molecule is CC(OC(=O)C=Nc1nc(N=CC(=O)OC(C)C2CC(C)(C)NC(C)(C)C2)nc(N2CCOCC2)n1)C1CC(C)(C)NC(C)(C)C1. The maximum Gasteiger partial charge on any atom is 0.349 e. The largest absolute Gasteiger partial charge is 0.458 e. The maximum absolute atomic E-state index is 12.8. The van der Waals surface area contributed by atoms with E-state index in [1.54, 1.807) is 0 Å².